The predicted molar refractivity (Wildman–Crippen MR) is 66.1 cm³/mol. The first kappa shape index (κ1) is 9.34. The van der Waals surface area contributed by atoms with Gasteiger partial charge < -0.3 is 0 Å². The van der Waals surface area contributed by atoms with E-state index in [0.29, 0.717) is 0 Å². The predicted octanol–water partition coefficient (Wildman–Crippen LogP) is 3.26. The number of hydrogen-bond acceptors (Lipinski definition) is 1. The van der Waals surface area contributed by atoms with Gasteiger partial charge in [0.15, 0.2) is 0 Å². The normalized spacial score (nSPS) is 13.4. The van der Waals surface area contributed by atoms with Crippen molar-refractivity contribution in [2.45, 2.75) is 12.8 Å². The maximum atomic E-state index is 4.36. The van der Waals surface area contributed by atoms with Crippen LogP contribution in [0.4, 0.5) is 0 Å². The monoisotopic (exact) mass is 207 g/mol. The Morgan fingerprint density at radius 1 is 1.00 bits per heavy atom. The number of allylic oxidation sites excluding steroid dienone is 1. The topological polar surface area (TPSA) is 12.9 Å². The van der Waals surface area contributed by atoms with Gasteiger partial charge in [-0.1, -0.05) is 42.0 Å². The molecule has 1 aromatic heterocycles. The third-order valence-corrected chi connectivity index (χ3v) is 2.97. The quantitative estimate of drug-likeness (QED) is 0.736. The van der Waals surface area contributed by atoms with Gasteiger partial charge in [0.05, 0.1) is 0 Å². The summed E-state index contributed by atoms with van der Waals surface area (Å²) in [6.45, 7) is 0. The van der Waals surface area contributed by atoms with Gasteiger partial charge >= 0.3 is 0 Å². The Bertz CT molecular complexity index is 526. The molecule has 1 heterocycles. The van der Waals surface area contributed by atoms with E-state index in [0.717, 1.165) is 18.5 Å². The van der Waals surface area contributed by atoms with Crippen LogP contribution in [0.15, 0.2) is 54.2 Å². The minimum Gasteiger partial charge on any atom is -0.261 e. The largest absolute Gasteiger partial charge is 0.261 e. The Balaban J connectivity index is 1.81. The summed E-state index contributed by atoms with van der Waals surface area (Å²) in [7, 11) is 0. The van der Waals surface area contributed by atoms with Gasteiger partial charge in [-0.25, -0.2) is 0 Å². The van der Waals surface area contributed by atoms with Crippen LogP contribution >= 0.6 is 0 Å². The average Bonchev–Trinajstić information content (AvgIpc) is 2.72. The fourth-order valence-corrected chi connectivity index (χ4v) is 2.20. The summed E-state index contributed by atoms with van der Waals surface area (Å²) >= 11 is 0. The molecule has 0 saturated heterocycles. The molecule has 0 fully saturated rings. The Labute approximate surface area is 95.5 Å². The van der Waals surface area contributed by atoms with Gasteiger partial charge in [0.1, 0.15) is 0 Å². The molecular weight excluding hydrogens is 194 g/mol. The number of pyridine rings is 1. The van der Waals surface area contributed by atoms with Gasteiger partial charge in [-0.05, 0) is 29.7 Å². The number of aromatic nitrogens is 1. The molecule has 16 heavy (non-hydrogen) atoms. The number of hydrogen-bond donors (Lipinski definition) is 0. The van der Waals surface area contributed by atoms with Crippen molar-refractivity contribution in [3.05, 3.63) is 71.1 Å². The van der Waals surface area contributed by atoms with Crippen LogP contribution in [-0.4, -0.2) is 4.98 Å². The summed E-state index contributed by atoms with van der Waals surface area (Å²) in [6.07, 6.45) is 6.20. The minimum absolute atomic E-state index is 0.968. The second kappa shape index (κ2) is 3.93. The fraction of sp³-hybridized carbons (Fsp3) is 0.133. The highest BCUT2D eigenvalue weighted by atomic mass is 14.7. The molecule has 2 aromatic rings. The molecule has 1 aliphatic rings. The Kier molecular flexibility index (Phi) is 2.30. The molecule has 0 amide bonds. The first-order chi connectivity index (χ1) is 7.92. The average molecular weight is 207 g/mol. The smallest absolute Gasteiger partial charge is 0.0444 e. The molecule has 0 unspecified atom stereocenters. The van der Waals surface area contributed by atoms with E-state index < -0.39 is 0 Å². The maximum Gasteiger partial charge on any atom is 0.0444 e. The van der Waals surface area contributed by atoms with Crippen LogP contribution in [-0.2, 0) is 12.8 Å². The van der Waals surface area contributed by atoms with E-state index in [4.69, 9.17) is 0 Å². The van der Waals surface area contributed by atoms with Gasteiger partial charge in [0.25, 0.3) is 0 Å². The third kappa shape index (κ3) is 1.76. The molecule has 0 bridgehead atoms. The molecule has 78 valence electrons. The fourth-order valence-electron chi connectivity index (χ4n) is 2.20. The number of rotatable bonds is 2. The number of benzene rings is 1. The van der Waals surface area contributed by atoms with Gasteiger partial charge in [0.2, 0.25) is 0 Å². The summed E-state index contributed by atoms with van der Waals surface area (Å²) in [4.78, 5) is 4.36. The van der Waals surface area contributed by atoms with Crippen molar-refractivity contribution in [3.8, 4) is 0 Å². The van der Waals surface area contributed by atoms with Gasteiger partial charge in [-0.2, -0.15) is 0 Å². The van der Waals surface area contributed by atoms with Crippen molar-refractivity contribution in [2.24, 2.45) is 0 Å². The second-order valence-electron chi connectivity index (χ2n) is 4.18. The highest BCUT2D eigenvalue weighted by Crippen LogP contribution is 2.26. The van der Waals surface area contributed by atoms with Crippen molar-refractivity contribution >= 4 is 6.08 Å². The van der Waals surface area contributed by atoms with Crippen LogP contribution in [0.5, 0.6) is 0 Å². The number of nitrogens with zero attached hydrogens (tertiary/aromatic N) is 1. The van der Waals surface area contributed by atoms with Crippen LogP contribution in [0.2, 0.25) is 0 Å². The lowest BCUT2D eigenvalue weighted by atomic mass is 10.1. The summed E-state index contributed by atoms with van der Waals surface area (Å²) in [6, 6.07) is 14.7. The third-order valence-electron chi connectivity index (χ3n) is 2.97. The van der Waals surface area contributed by atoms with E-state index in [1.54, 1.807) is 0 Å². The first-order valence-corrected chi connectivity index (χ1v) is 5.59. The van der Waals surface area contributed by atoms with Crippen LogP contribution in [0.3, 0.4) is 0 Å². The van der Waals surface area contributed by atoms with E-state index in [1.807, 2.05) is 18.3 Å². The van der Waals surface area contributed by atoms with E-state index in [-0.39, 0.29) is 0 Å². The minimum atomic E-state index is 0.968. The molecule has 0 radical (unpaired) electrons. The first-order valence-electron chi connectivity index (χ1n) is 5.59. The second-order valence-corrected chi connectivity index (χ2v) is 4.18. The molecule has 1 nitrogen and oxygen atoms in total. The lowest BCUT2D eigenvalue weighted by Crippen LogP contribution is -1.93. The summed E-state index contributed by atoms with van der Waals surface area (Å²) < 4.78 is 0. The zero-order valence-corrected chi connectivity index (χ0v) is 9.06. The zero-order chi connectivity index (χ0) is 10.8. The zero-order valence-electron chi connectivity index (χ0n) is 9.06. The standard InChI is InChI=1S/C15H13N/c1-2-6-14-10-12(9-13(14)5-1)11-15-7-3-4-8-16-15/h1-9H,10-11H2. The molecule has 0 aliphatic heterocycles. The van der Waals surface area contributed by atoms with Gasteiger partial charge in [-0.15, -0.1) is 0 Å². The van der Waals surface area contributed by atoms with Crippen molar-refractivity contribution < 1.29 is 0 Å². The van der Waals surface area contributed by atoms with Crippen LogP contribution in [0.25, 0.3) is 6.08 Å². The Hall–Kier alpha value is -1.89. The van der Waals surface area contributed by atoms with Crippen LogP contribution in [0.1, 0.15) is 16.8 Å². The van der Waals surface area contributed by atoms with E-state index in [1.165, 1.54) is 16.7 Å². The highest BCUT2D eigenvalue weighted by molar-refractivity contribution is 5.64. The number of fused-ring (bicyclic) bond motifs is 1. The molecule has 1 heteroatoms. The summed E-state index contributed by atoms with van der Waals surface area (Å²) in [5.74, 6) is 0. The van der Waals surface area contributed by atoms with Crippen molar-refractivity contribution in [1.29, 1.82) is 0 Å². The molecule has 0 saturated carbocycles. The summed E-state index contributed by atoms with van der Waals surface area (Å²) in [5, 5.41) is 0. The van der Waals surface area contributed by atoms with Crippen LogP contribution in [0, 0.1) is 0 Å². The SMILES string of the molecule is C1=C(Cc2ccccn2)Cc2ccccc21. The summed E-state index contributed by atoms with van der Waals surface area (Å²) in [5.41, 5.74) is 5.42. The molecule has 0 spiro atoms. The maximum absolute atomic E-state index is 4.36. The van der Waals surface area contributed by atoms with Crippen molar-refractivity contribution in [1.82, 2.24) is 4.98 Å². The molecule has 0 atom stereocenters. The molecule has 0 N–H and O–H groups in total. The van der Waals surface area contributed by atoms with Crippen molar-refractivity contribution in [3.63, 3.8) is 0 Å². The van der Waals surface area contributed by atoms with E-state index >= 15 is 0 Å². The molecule has 1 aromatic carbocycles. The Morgan fingerprint density at radius 2 is 1.88 bits per heavy atom. The lowest BCUT2D eigenvalue weighted by molar-refractivity contribution is 1.01. The Morgan fingerprint density at radius 3 is 2.69 bits per heavy atom. The van der Waals surface area contributed by atoms with Crippen molar-refractivity contribution in [2.75, 3.05) is 0 Å². The van der Waals surface area contributed by atoms with Gasteiger partial charge in [-0.3, -0.25) is 4.98 Å². The van der Waals surface area contributed by atoms with Gasteiger partial charge in [0, 0.05) is 18.3 Å². The lowest BCUT2D eigenvalue weighted by Gasteiger charge is -2.00. The van der Waals surface area contributed by atoms with Crippen LogP contribution < -0.4 is 0 Å². The van der Waals surface area contributed by atoms with E-state index in [9.17, 15) is 0 Å². The van der Waals surface area contributed by atoms with E-state index in [2.05, 4.69) is 41.4 Å². The molecule has 3 rings (SSSR count). The highest BCUT2D eigenvalue weighted by Gasteiger charge is 2.11. The molecular formula is C15H13N. The molecule has 1 aliphatic carbocycles.